The number of anilines is 1. The first-order chi connectivity index (χ1) is 12.5. The van der Waals surface area contributed by atoms with E-state index in [9.17, 15) is 18.4 Å². The summed E-state index contributed by atoms with van der Waals surface area (Å²) < 4.78 is 27.0. The molecule has 26 heavy (non-hydrogen) atoms. The molecule has 0 aliphatic carbocycles. The molecule has 3 aromatic rings. The van der Waals surface area contributed by atoms with Gasteiger partial charge in [0.2, 0.25) is 5.91 Å². The highest BCUT2D eigenvalue weighted by atomic mass is 32.2. The van der Waals surface area contributed by atoms with Crippen LogP contribution in [0.5, 0.6) is 0 Å². The molecule has 0 aliphatic rings. The van der Waals surface area contributed by atoms with Gasteiger partial charge in [-0.3, -0.25) is 9.59 Å². The van der Waals surface area contributed by atoms with Crippen molar-refractivity contribution in [3.8, 4) is 0 Å². The molecule has 134 valence electrons. The van der Waals surface area contributed by atoms with Crippen LogP contribution in [0, 0.1) is 0 Å². The first-order valence-corrected chi connectivity index (χ1v) is 8.42. The number of halogens is 2. The van der Waals surface area contributed by atoms with Crippen LogP contribution >= 0.6 is 11.8 Å². The van der Waals surface area contributed by atoms with Crippen molar-refractivity contribution in [1.29, 1.82) is 0 Å². The molecule has 0 saturated heterocycles. The Morgan fingerprint density at radius 2 is 1.85 bits per heavy atom. The van der Waals surface area contributed by atoms with E-state index in [2.05, 4.69) is 10.3 Å². The van der Waals surface area contributed by atoms with Crippen molar-refractivity contribution in [2.24, 2.45) is 5.73 Å². The number of alkyl halides is 2. The van der Waals surface area contributed by atoms with E-state index in [0.29, 0.717) is 11.0 Å². The lowest BCUT2D eigenvalue weighted by atomic mass is 10.1. The molecule has 3 N–H and O–H groups in total. The summed E-state index contributed by atoms with van der Waals surface area (Å²) in [6.07, 6.45) is 0. The number of nitrogens with one attached hydrogen (secondary N) is 1. The van der Waals surface area contributed by atoms with Gasteiger partial charge in [-0.1, -0.05) is 24.3 Å². The van der Waals surface area contributed by atoms with Crippen LogP contribution in [-0.2, 0) is 11.3 Å². The smallest absolute Gasteiger partial charge is 0.291 e. The molecule has 6 nitrogen and oxygen atoms in total. The zero-order valence-corrected chi connectivity index (χ0v) is 14.2. The molecule has 0 unspecified atom stereocenters. The van der Waals surface area contributed by atoms with Crippen molar-refractivity contribution >= 4 is 40.3 Å². The molecule has 9 heteroatoms. The molecule has 0 atom stereocenters. The van der Waals surface area contributed by atoms with Gasteiger partial charge in [0.25, 0.3) is 11.7 Å². The molecule has 0 saturated carbocycles. The summed E-state index contributed by atoms with van der Waals surface area (Å²) in [6, 6.07) is 13.1. The SMILES string of the molecule is NC(=O)c1ccccc1NC(=O)Cn1c(SC(F)F)nc2ccccc21. The summed E-state index contributed by atoms with van der Waals surface area (Å²) in [5.41, 5.74) is 6.79. The van der Waals surface area contributed by atoms with Crippen molar-refractivity contribution in [2.75, 3.05) is 5.32 Å². The summed E-state index contributed by atoms with van der Waals surface area (Å²) in [5, 5.41) is 2.63. The van der Waals surface area contributed by atoms with Crippen molar-refractivity contribution in [3.63, 3.8) is 0 Å². The normalized spacial score (nSPS) is 11.0. The molecule has 1 heterocycles. The third-order valence-corrected chi connectivity index (χ3v) is 4.28. The van der Waals surface area contributed by atoms with Gasteiger partial charge in [-0.15, -0.1) is 0 Å². The number of imidazole rings is 1. The maximum Gasteiger partial charge on any atom is 0.291 e. The van der Waals surface area contributed by atoms with Crippen LogP contribution in [0.3, 0.4) is 0 Å². The molecular weight excluding hydrogens is 362 g/mol. The fourth-order valence-electron chi connectivity index (χ4n) is 2.52. The zero-order chi connectivity index (χ0) is 18.7. The number of primary amides is 1. The van der Waals surface area contributed by atoms with E-state index < -0.39 is 17.6 Å². The second kappa shape index (κ2) is 7.52. The number of thioether (sulfide) groups is 1. The van der Waals surface area contributed by atoms with Crippen LogP contribution in [0.1, 0.15) is 10.4 Å². The number of para-hydroxylation sites is 3. The highest BCUT2D eigenvalue weighted by Crippen LogP contribution is 2.28. The van der Waals surface area contributed by atoms with Gasteiger partial charge in [-0.05, 0) is 36.0 Å². The predicted molar refractivity (Wildman–Crippen MR) is 95.2 cm³/mol. The number of carbonyl (C=O) groups excluding carboxylic acids is 2. The van der Waals surface area contributed by atoms with Crippen molar-refractivity contribution in [3.05, 3.63) is 54.1 Å². The molecule has 1 aromatic heterocycles. The number of aromatic nitrogens is 2. The van der Waals surface area contributed by atoms with Gasteiger partial charge in [-0.2, -0.15) is 8.78 Å². The third-order valence-electron chi connectivity index (χ3n) is 3.58. The number of carbonyl (C=O) groups is 2. The fourth-order valence-corrected chi connectivity index (χ4v) is 3.12. The lowest BCUT2D eigenvalue weighted by molar-refractivity contribution is -0.116. The van der Waals surface area contributed by atoms with E-state index in [0.717, 1.165) is 0 Å². The Hall–Kier alpha value is -2.94. The van der Waals surface area contributed by atoms with Crippen molar-refractivity contribution in [2.45, 2.75) is 17.5 Å². The van der Waals surface area contributed by atoms with Crippen LogP contribution in [0.15, 0.2) is 53.7 Å². The van der Waals surface area contributed by atoms with Gasteiger partial charge in [0.15, 0.2) is 5.16 Å². The minimum absolute atomic E-state index is 0.0412. The summed E-state index contributed by atoms with van der Waals surface area (Å²) >= 11 is 0.272. The second-order valence-corrected chi connectivity index (χ2v) is 6.26. The fraction of sp³-hybridized carbons (Fsp3) is 0.118. The summed E-state index contributed by atoms with van der Waals surface area (Å²) in [5.74, 6) is -3.83. The van der Waals surface area contributed by atoms with Crippen molar-refractivity contribution in [1.82, 2.24) is 9.55 Å². The number of hydrogen-bond donors (Lipinski definition) is 2. The Morgan fingerprint density at radius 1 is 1.15 bits per heavy atom. The van der Waals surface area contributed by atoms with E-state index in [1.807, 2.05) is 0 Å². The van der Waals surface area contributed by atoms with Gasteiger partial charge < -0.3 is 15.6 Å². The monoisotopic (exact) mass is 376 g/mol. The van der Waals surface area contributed by atoms with E-state index >= 15 is 0 Å². The molecule has 0 spiro atoms. The van der Waals surface area contributed by atoms with Crippen LogP contribution < -0.4 is 11.1 Å². The topological polar surface area (TPSA) is 90.0 Å². The standard InChI is InChI=1S/C17H14F2N4O2S/c18-16(19)26-17-22-12-7-3-4-8-13(12)23(17)9-14(24)21-11-6-2-1-5-10(11)15(20)25/h1-8,16H,9H2,(H2,20,25)(H,21,24). The predicted octanol–water partition coefficient (Wildman–Crippen LogP) is 3.09. The lowest BCUT2D eigenvalue weighted by Crippen LogP contribution is -2.22. The molecule has 0 fully saturated rings. The van der Waals surface area contributed by atoms with E-state index in [-0.39, 0.29) is 34.7 Å². The van der Waals surface area contributed by atoms with E-state index in [1.165, 1.54) is 10.6 Å². The summed E-state index contributed by atoms with van der Waals surface area (Å²) in [6.45, 7) is -0.233. The Kier molecular flexibility index (Phi) is 5.17. The zero-order valence-electron chi connectivity index (χ0n) is 13.4. The largest absolute Gasteiger partial charge is 0.366 e. The molecule has 0 radical (unpaired) electrons. The quantitative estimate of drug-likeness (QED) is 0.647. The average molecular weight is 376 g/mol. The van der Waals surface area contributed by atoms with E-state index in [4.69, 9.17) is 5.73 Å². The Labute approximate surface area is 151 Å². The minimum atomic E-state index is -2.66. The molecular formula is C17H14F2N4O2S. The maximum absolute atomic E-state index is 12.8. The summed E-state index contributed by atoms with van der Waals surface area (Å²) in [7, 11) is 0. The van der Waals surface area contributed by atoms with Crippen LogP contribution in [0.2, 0.25) is 0 Å². The van der Waals surface area contributed by atoms with Gasteiger partial charge in [0.05, 0.1) is 22.3 Å². The minimum Gasteiger partial charge on any atom is -0.366 e. The lowest BCUT2D eigenvalue weighted by Gasteiger charge is -2.11. The molecule has 3 rings (SSSR count). The number of amides is 2. The molecule has 0 aliphatic heterocycles. The first-order valence-electron chi connectivity index (χ1n) is 7.54. The molecule has 2 aromatic carbocycles. The van der Waals surface area contributed by atoms with Crippen LogP contribution in [0.4, 0.5) is 14.5 Å². The Morgan fingerprint density at radius 3 is 2.58 bits per heavy atom. The Bertz CT molecular complexity index is 974. The van der Waals surface area contributed by atoms with Gasteiger partial charge in [-0.25, -0.2) is 4.98 Å². The molecule has 0 bridgehead atoms. The maximum atomic E-state index is 12.8. The Balaban J connectivity index is 1.89. The van der Waals surface area contributed by atoms with Gasteiger partial charge >= 0.3 is 0 Å². The highest BCUT2D eigenvalue weighted by molar-refractivity contribution is 7.99. The molecule has 2 amide bonds. The first kappa shape index (κ1) is 17.9. The van der Waals surface area contributed by atoms with Crippen LogP contribution in [0.25, 0.3) is 11.0 Å². The number of nitrogens with two attached hydrogens (primary N) is 1. The van der Waals surface area contributed by atoms with E-state index in [1.54, 1.807) is 42.5 Å². The number of benzene rings is 2. The van der Waals surface area contributed by atoms with Crippen LogP contribution in [-0.4, -0.2) is 27.1 Å². The number of rotatable bonds is 6. The number of nitrogens with zero attached hydrogens (tertiary/aromatic N) is 2. The number of fused-ring (bicyclic) bond motifs is 1. The third kappa shape index (κ3) is 3.83. The number of hydrogen-bond acceptors (Lipinski definition) is 4. The van der Waals surface area contributed by atoms with Crippen molar-refractivity contribution < 1.29 is 18.4 Å². The second-order valence-electron chi connectivity index (χ2n) is 5.31. The average Bonchev–Trinajstić information content (AvgIpc) is 2.92. The van der Waals surface area contributed by atoms with Gasteiger partial charge in [0, 0.05) is 0 Å². The highest BCUT2D eigenvalue weighted by Gasteiger charge is 2.18. The van der Waals surface area contributed by atoms with Gasteiger partial charge in [0.1, 0.15) is 6.54 Å². The summed E-state index contributed by atoms with van der Waals surface area (Å²) in [4.78, 5) is 28.0.